The van der Waals surface area contributed by atoms with Crippen molar-refractivity contribution in [3.05, 3.63) is 60.2 Å². The van der Waals surface area contributed by atoms with Crippen LogP contribution >= 0.6 is 0 Å². The van der Waals surface area contributed by atoms with Crippen LogP contribution in [-0.2, 0) is 9.53 Å². The number of carbonyl (C=O) groups is 2. The van der Waals surface area contributed by atoms with Crippen molar-refractivity contribution in [1.82, 2.24) is 4.90 Å². The Morgan fingerprint density at radius 2 is 1.78 bits per heavy atom. The molecule has 1 saturated heterocycles. The summed E-state index contributed by atoms with van der Waals surface area (Å²) in [6.45, 7) is 3.67. The number of nitrogens with zero attached hydrogens (tertiary/aromatic N) is 1. The number of rotatable bonds is 6. The monoisotopic (exact) mass is 369 g/mol. The molecule has 1 aliphatic heterocycles. The average Bonchev–Trinajstić information content (AvgIpc) is 3.09. The second-order valence-corrected chi connectivity index (χ2v) is 6.54. The van der Waals surface area contributed by atoms with Crippen molar-refractivity contribution in [1.29, 1.82) is 0 Å². The largest absolute Gasteiger partial charge is 0.497 e. The SMILES string of the molecule is CC[C@](C)(Oc1ccc(OC)cc1)C(=O)N1C(=O)OC[C@H]1c1ccccc1. The number of hydrogen-bond donors (Lipinski definition) is 0. The number of carbonyl (C=O) groups excluding carboxylic acids is 2. The zero-order valence-corrected chi connectivity index (χ0v) is 15.7. The Balaban J connectivity index is 1.86. The number of imide groups is 1. The Bertz CT molecular complexity index is 805. The molecule has 0 bridgehead atoms. The molecule has 27 heavy (non-hydrogen) atoms. The maximum absolute atomic E-state index is 13.3. The molecule has 1 heterocycles. The summed E-state index contributed by atoms with van der Waals surface area (Å²) in [5.74, 6) is 0.800. The summed E-state index contributed by atoms with van der Waals surface area (Å²) in [5.41, 5.74) is -0.357. The molecule has 1 fully saturated rings. The van der Waals surface area contributed by atoms with Crippen LogP contribution in [0.5, 0.6) is 11.5 Å². The summed E-state index contributed by atoms with van der Waals surface area (Å²) >= 11 is 0. The lowest BCUT2D eigenvalue weighted by Crippen LogP contribution is -2.51. The predicted octanol–water partition coefficient (Wildman–Crippen LogP) is 3.96. The molecule has 2 atom stereocenters. The van der Waals surface area contributed by atoms with Crippen molar-refractivity contribution in [2.45, 2.75) is 31.9 Å². The van der Waals surface area contributed by atoms with Gasteiger partial charge in [0.15, 0.2) is 5.60 Å². The fraction of sp³-hybridized carbons (Fsp3) is 0.333. The van der Waals surface area contributed by atoms with Crippen LogP contribution in [0.1, 0.15) is 31.9 Å². The van der Waals surface area contributed by atoms with Crippen molar-refractivity contribution in [2.75, 3.05) is 13.7 Å². The second kappa shape index (κ2) is 7.70. The number of benzene rings is 2. The molecule has 0 aliphatic carbocycles. The van der Waals surface area contributed by atoms with Crippen LogP contribution in [0.4, 0.5) is 4.79 Å². The highest BCUT2D eigenvalue weighted by atomic mass is 16.6. The minimum atomic E-state index is -1.20. The summed E-state index contributed by atoms with van der Waals surface area (Å²) in [6.07, 6.45) is -0.254. The molecule has 0 radical (unpaired) electrons. The van der Waals surface area contributed by atoms with Crippen LogP contribution < -0.4 is 9.47 Å². The number of ether oxygens (including phenoxy) is 3. The first kappa shape index (κ1) is 18.8. The van der Waals surface area contributed by atoms with E-state index in [0.29, 0.717) is 17.9 Å². The Morgan fingerprint density at radius 3 is 2.37 bits per heavy atom. The molecule has 0 saturated carbocycles. The van der Waals surface area contributed by atoms with Crippen molar-refractivity contribution in [3.8, 4) is 11.5 Å². The molecule has 2 amide bonds. The molecule has 0 aromatic heterocycles. The maximum atomic E-state index is 13.3. The minimum absolute atomic E-state index is 0.136. The number of hydrogen-bond acceptors (Lipinski definition) is 5. The molecule has 2 aromatic carbocycles. The highest BCUT2D eigenvalue weighted by Crippen LogP contribution is 2.33. The van der Waals surface area contributed by atoms with Crippen LogP contribution in [0.3, 0.4) is 0 Å². The lowest BCUT2D eigenvalue weighted by atomic mass is 9.98. The van der Waals surface area contributed by atoms with Gasteiger partial charge in [-0.1, -0.05) is 37.3 Å². The second-order valence-electron chi connectivity index (χ2n) is 6.54. The number of methoxy groups -OCH3 is 1. The smallest absolute Gasteiger partial charge is 0.417 e. The van der Waals surface area contributed by atoms with Crippen LogP contribution in [0.25, 0.3) is 0 Å². The molecule has 6 heteroatoms. The summed E-state index contributed by atoms with van der Waals surface area (Å²) < 4.78 is 16.3. The van der Waals surface area contributed by atoms with Crippen LogP contribution in [0, 0.1) is 0 Å². The van der Waals surface area contributed by atoms with Gasteiger partial charge in [0.2, 0.25) is 0 Å². The van der Waals surface area contributed by atoms with E-state index in [-0.39, 0.29) is 6.61 Å². The zero-order chi connectivity index (χ0) is 19.4. The fourth-order valence-corrected chi connectivity index (χ4v) is 2.99. The molecule has 2 aromatic rings. The van der Waals surface area contributed by atoms with Gasteiger partial charge in [-0.25, -0.2) is 9.69 Å². The topological polar surface area (TPSA) is 65.1 Å². The van der Waals surface area contributed by atoms with Gasteiger partial charge in [0.25, 0.3) is 5.91 Å². The van der Waals surface area contributed by atoms with E-state index in [4.69, 9.17) is 14.2 Å². The van der Waals surface area contributed by atoms with Gasteiger partial charge in [0, 0.05) is 0 Å². The molecular weight excluding hydrogens is 346 g/mol. The van der Waals surface area contributed by atoms with E-state index >= 15 is 0 Å². The van der Waals surface area contributed by atoms with Gasteiger partial charge >= 0.3 is 6.09 Å². The molecule has 6 nitrogen and oxygen atoms in total. The Morgan fingerprint density at radius 1 is 1.15 bits per heavy atom. The molecule has 142 valence electrons. The van der Waals surface area contributed by atoms with Gasteiger partial charge in [0.05, 0.1) is 7.11 Å². The molecule has 0 unspecified atom stereocenters. The third kappa shape index (κ3) is 3.74. The standard InChI is InChI=1S/C21H23NO5/c1-4-21(2,27-17-12-10-16(25-3)11-13-17)19(23)22-18(14-26-20(22)24)15-8-6-5-7-9-15/h5-13,18H,4,14H2,1-3H3/t18-,21-/m0/s1. The number of amides is 2. The van der Waals surface area contributed by atoms with Crippen LogP contribution in [-0.4, -0.2) is 36.2 Å². The summed E-state index contributed by atoms with van der Waals surface area (Å²) in [4.78, 5) is 26.8. The van der Waals surface area contributed by atoms with Gasteiger partial charge in [-0.3, -0.25) is 4.79 Å². The van der Waals surface area contributed by atoms with Crippen LogP contribution in [0.2, 0.25) is 0 Å². The Kier molecular flexibility index (Phi) is 5.35. The quantitative estimate of drug-likeness (QED) is 0.771. The molecule has 0 N–H and O–H groups in total. The first-order chi connectivity index (χ1) is 13.0. The van der Waals surface area contributed by atoms with Gasteiger partial charge < -0.3 is 14.2 Å². The highest BCUT2D eigenvalue weighted by molar-refractivity contribution is 5.98. The van der Waals surface area contributed by atoms with Gasteiger partial charge in [-0.2, -0.15) is 0 Å². The van der Waals surface area contributed by atoms with Crippen molar-refractivity contribution in [2.24, 2.45) is 0 Å². The molecular formula is C21H23NO5. The van der Waals surface area contributed by atoms with Crippen LogP contribution in [0.15, 0.2) is 54.6 Å². The van der Waals surface area contributed by atoms with E-state index < -0.39 is 23.6 Å². The third-order valence-corrected chi connectivity index (χ3v) is 4.81. The first-order valence-corrected chi connectivity index (χ1v) is 8.87. The highest BCUT2D eigenvalue weighted by Gasteiger charge is 2.47. The Labute approximate surface area is 158 Å². The Hall–Kier alpha value is -3.02. The first-order valence-electron chi connectivity index (χ1n) is 8.87. The van der Waals surface area contributed by atoms with E-state index in [0.717, 1.165) is 5.56 Å². The zero-order valence-electron chi connectivity index (χ0n) is 15.7. The fourth-order valence-electron chi connectivity index (χ4n) is 2.99. The van der Waals surface area contributed by atoms with E-state index in [9.17, 15) is 9.59 Å². The summed E-state index contributed by atoms with van der Waals surface area (Å²) in [6, 6.07) is 15.9. The maximum Gasteiger partial charge on any atom is 0.417 e. The lowest BCUT2D eigenvalue weighted by molar-refractivity contribution is -0.145. The number of cyclic esters (lactones) is 1. The lowest BCUT2D eigenvalue weighted by Gasteiger charge is -2.32. The molecule has 1 aliphatic rings. The van der Waals surface area contributed by atoms with E-state index in [1.165, 1.54) is 4.90 Å². The van der Waals surface area contributed by atoms with E-state index in [1.54, 1.807) is 38.3 Å². The molecule has 3 rings (SSSR count). The summed E-state index contributed by atoms with van der Waals surface area (Å²) in [7, 11) is 1.58. The van der Waals surface area contributed by atoms with Crippen molar-refractivity contribution < 1.29 is 23.8 Å². The normalized spacial score (nSPS) is 18.6. The molecule has 0 spiro atoms. The van der Waals surface area contributed by atoms with E-state index in [1.807, 2.05) is 37.3 Å². The van der Waals surface area contributed by atoms with Crippen molar-refractivity contribution >= 4 is 12.0 Å². The van der Waals surface area contributed by atoms with Gasteiger partial charge in [-0.05, 0) is 43.2 Å². The van der Waals surface area contributed by atoms with E-state index in [2.05, 4.69) is 0 Å². The predicted molar refractivity (Wildman–Crippen MR) is 99.7 cm³/mol. The average molecular weight is 369 g/mol. The van der Waals surface area contributed by atoms with Crippen molar-refractivity contribution in [3.63, 3.8) is 0 Å². The van der Waals surface area contributed by atoms with Gasteiger partial charge in [-0.15, -0.1) is 0 Å². The minimum Gasteiger partial charge on any atom is -0.497 e. The van der Waals surface area contributed by atoms with Gasteiger partial charge in [0.1, 0.15) is 24.1 Å². The third-order valence-electron chi connectivity index (χ3n) is 4.81. The summed E-state index contributed by atoms with van der Waals surface area (Å²) in [5, 5.41) is 0.